The first-order valence-electron chi connectivity index (χ1n) is 17.1. The highest BCUT2D eigenvalue weighted by atomic mass is 16.5. The van der Waals surface area contributed by atoms with Gasteiger partial charge < -0.3 is 15.0 Å². The van der Waals surface area contributed by atoms with Gasteiger partial charge in [0, 0.05) is 49.2 Å². The Bertz CT molecular complexity index is 1980. The van der Waals surface area contributed by atoms with E-state index >= 15 is 0 Å². The van der Waals surface area contributed by atoms with Crippen LogP contribution in [0.3, 0.4) is 0 Å². The molecule has 2 N–H and O–H groups in total. The standard InChI is InChI=1S/C36H38N8O5/c1-21-28(31-19-38-29-7-5-24(18-30(29)39-31)42-11-13-49-14-12-42)20-43(41-21)25-15-22(16-25)3-2-10-37-23-4-6-26-27(17-23)36(48)44(35(26)47)32-8-9-33(45)40-34(32)46/h4-7,17-20,22,25,32,37H,2-3,8-16H2,1H3,(H,40,45,46)/t22-,25-,32?. The Morgan fingerprint density at radius 2 is 1.78 bits per heavy atom. The van der Waals surface area contributed by atoms with E-state index in [2.05, 4.69) is 38.5 Å². The largest absolute Gasteiger partial charge is 0.385 e. The molecule has 0 radical (unpaired) electrons. The van der Waals surface area contributed by atoms with Crippen molar-refractivity contribution in [2.24, 2.45) is 5.92 Å². The molecule has 1 unspecified atom stereocenters. The molecule has 4 aromatic rings. The minimum Gasteiger partial charge on any atom is -0.385 e. The van der Waals surface area contributed by atoms with Crippen molar-refractivity contribution in [3.8, 4) is 11.3 Å². The van der Waals surface area contributed by atoms with E-state index in [0.29, 0.717) is 12.0 Å². The van der Waals surface area contributed by atoms with Crippen LogP contribution in [0.25, 0.3) is 22.3 Å². The molecule has 8 rings (SSSR count). The number of piperidine rings is 1. The van der Waals surface area contributed by atoms with Crippen LogP contribution in [0.4, 0.5) is 11.4 Å². The smallest absolute Gasteiger partial charge is 0.262 e. The zero-order valence-corrected chi connectivity index (χ0v) is 27.4. The summed E-state index contributed by atoms with van der Waals surface area (Å²) in [6.07, 6.45) is 8.36. The van der Waals surface area contributed by atoms with E-state index in [-0.39, 0.29) is 24.0 Å². The number of carbonyl (C=O) groups is 4. The number of aryl methyl sites for hydroxylation is 1. The highest BCUT2D eigenvalue weighted by molar-refractivity contribution is 6.23. The maximum absolute atomic E-state index is 13.1. The highest BCUT2D eigenvalue weighted by Crippen LogP contribution is 2.41. The van der Waals surface area contributed by atoms with Gasteiger partial charge in [-0.1, -0.05) is 0 Å². The van der Waals surface area contributed by atoms with Crippen LogP contribution < -0.4 is 15.5 Å². The second kappa shape index (κ2) is 12.7. The summed E-state index contributed by atoms with van der Waals surface area (Å²) in [6, 6.07) is 10.8. The summed E-state index contributed by atoms with van der Waals surface area (Å²) in [5.41, 5.74) is 6.99. The van der Waals surface area contributed by atoms with Crippen LogP contribution in [0, 0.1) is 12.8 Å². The van der Waals surface area contributed by atoms with Crippen LogP contribution in [-0.4, -0.2) is 87.2 Å². The number of aromatic nitrogens is 4. The lowest BCUT2D eigenvalue weighted by atomic mass is 9.77. The zero-order valence-electron chi connectivity index (χ0n) is 27.4. The molecule has 3 fully saturated rings. The average Bonchev–Trinajstić information content (AvgIpc) is 3.59. The lowest BCUT2D eigenvalue weighted by Crippen LogP contribution is -2.54. The number of amides is 4. The van der Waals surface area contributed by atoms with Crippen LogP contribution in [0.15, 0.2) is 48.8 Å². The molecule has 1 saturated carbocycles. The molecule has 4 aliphatic rings. The van der Waals surface area contributed by atoms with Gasteiger partial charge in [-0.15, -0.1) is 0 Å². The minimum atomic E-state index is -0.966. The molecule has 49 heavy (non-hydrogen) atoms. The van der Waals surface area contributed by atoms with Gasteiger partial charge in [0.15, 0.2) is 0 Å². The Morgan fingerprint density at radius 3 is 2.59 bits per heavy atom. The van der Waals surface area contributed by atoms with Crippen LogP contribution in [0.5, 0.6) is 0 Å². The molecular weight excluding hydrogens is 624 g/mol. The van der Waals surface area contributed by atoms with Gasteiger partial charge in [-0.05, 0) is 81.3 Å². The van der Waals surface area contributed by atoms with Gasteiger partial charge in [0.25, 0.3) is 11.8 Å². The number of fused-ring (bicyclic) bond motifs is 2. The second-order valence-electron chi connectivity index (χ2n) is 13.4. The molecule has 2 aromatic heterocycles. The van der Waals surface area contributed by atoms with Gasteiger partial charge in [-0.3, -0.25) is 39.1 Å². The number of nitrogens with zero attached hydrogens (tertiary/aromatic N) is 6. The SMILES string of the molecule is Cc1nn([C@H]2C[C@H](CCCNc3ccc4c(c3)C(=O)N(C3CCC(=O)NC3=O)C4=O)C2)cc1-c1cnc2ccc(N3CCOCC3)cc2n1. The number of hydrogen-bond donors (Lipinski definition) is 2. The molecule has 252 valence electrons. The number of nitrogens with one attached hydrogen (secondary N) is 2. The fourth-order valence-electron chi connectivity index (χ4n) is 7.42. The molecule has 2 aromatic carbocycles. The second-order valence-corrected chi connectivity index (χ2v) is 13.4. The van der Waals surface area contributed by atoms with Gasteiger partial charge >= 0.3 is 0 Å². The number of benzene rings is 2. The Labute approximate surface area is 283 Å². The van der Waals surface area contributed by atoms with E-state index in [9.17, 15) is 19.2 Å². The van der Waals surface area contributed by atoms with Gasteiger partial charge in [0.1, 0.15) is 6.04 Å². The van der Waals surface area contributed by atoms with Crippen molar-refractivity contribution in [1.82, 2.24) is 30.0 Å². The maximum Gasteiger partial charge on any atom is 0.262 e. The number of ether oxygens (including phenoxy) is 1. The molecule has 13 nitrogen and oxygen atoms in total. The first kappa shape index (κ1) is 31.1. The predicted octanol–water partition coefficient (Wildman–Crippen LogP) is 3.88. The Morgan fingerprint density at radius 1 is 0.959 bits per heavy atom. The van der Waals surface area contributed by atoms with Crippen LogP contribution in [0.2, 0.25) is 0 Å². The molecule has 3 aliphatic heterocycles. The molecule has 13 heteroatoms. The monoisotopic (exact) mass is 662 g/mol. The third-order valence-corrected chi connectivity index (χ3v) is 10.2. The number of imide groups is 2. The Kier molecular flexibility index (Phi) is 8.06. The summed E-state index contributed by atoms with van der Waals surface area (Å²) in [5, 5.41) is 10.5. The fraction of sp³-hybridized carbons (Fsp3) is 0.417. The molecular formula is C36H38N8O5. The van der Waals surface area contributed by atoms with Gasteiger partial charge in [0.05, 0.1) is 59.0 Å². The van der Waals surface area contributed by atoms with E-state index in [1.54, 1.807) is 18.2 Å². The maximum atomic E-state index is 13.1. The Balaban J connectivity index is 0.834. The molecule has 5 heterocycles. The summed E-state index contributed by atoms with van der Waals surface area (Å²) >= 11 is 0. The van der Waals surface area contributed by atoms with E-state index < -0.39 is 29.7 Å². The summed E-state index contributed by atoms with van der Waals surface area (Å²) in [7, 11) is 0. The van der Waals surface area contributed by atoms with Crippen molar-refractivity contribution < 1.29 is 23.9 Å². The third-order valence-electron chi connectivity index (χ3n) is 10.2. The van der Waals surface area contributed by atoms with Crippen LogP contribution in [0.1, 0.15) is 71.0 Å². The third kappa shape index (κ3) is 5.92. The average molecular weight is 663 g/mol. The minimum absolute atomic E-state index is 0.0957. The Hall–Kier alpha value is -5.17. The normalized spacial score (nSPS) is 22.3. The van der Waals surface area contributed by atoms with E-state index in [1.807, 2.05) is 19.2 Å². The van der Waals surface area contributed by atoms with E-state index in [4.69, 9.17) is 19.8 Å². The lowest BCUT2D eigenvalue weighted by Gasteiger charge is -2.35. The molecule has 0 spiro atoms. The zero-order chi connectivity index (χ0) is 33.6. The molecule has 1 aliphatic carbocycles. The fourth-order valence-corrected chi connectivity index (χ4v) is 7.42. The first-order valence-corrected chi connectivity index (χ1v) is 17.1. The lowest BCUT2D eigenvalue weighted by molar-refractivity contribution is -0.136. The summed E-state index contributed by atoms with van der Waals surface area (Å²) < 4.78 is 7.60. The van der Waals surface area contributed by atoms with Crippen LogP contribution in [-0.2, 0) is 14.3 Å². The number of rotatable bonds is 9. The number of carbonyl (C=O) groups excluding carboxylic acids is 4. The van der Waals surface area contributed by atoms with Gasteiger partial charge in [-0.2, -0.15) is 5.10 Å². The summed E-state index contributed by atoms with van der Waals surface area (Å²) in [4.78, 5) is 62.9. The van der Waals surface area contributed by atoms with Crippen molar-refractivity contribution in [3.05, 3.63) is 65.6 Å². The summed E-state index contributed by atoms with van der Waals surface area (Å²) in [5.74, 6) is -1.38. The topological polar surface area (TPSA) is 152 Å². The van der Waals surface area contributed by atoms with Crippen molar-refractivity contribution in [1.29, 1.82) is 0 Å². The van der Waals surface area contributed by atoms with E-state index in [0.717, 1.165) is 103 Å². The first-order chi connectivity index (χ1) is 23.8. The molecule has 4 amide bonds. The summed E-state index contributed by atoms with van der Waals surface area (Å²) in [6.45, 7) is 5.98. The molecule has 1 atom stereocenters. The van der Waals surface area contributed by atoms with Crippen LogP contribution >= 0.6 is 0 Å². The van der Waals surface area contributed by atoms with Crippen molar-refractivity contribution >= 4 is 46.0 Å². The van der Waals surface area contributed by atoms with Gasteiger partial charge in [-0.25, -0.2) is 4.98 Å². The van der Waals surface area contributed by atoms with Crippen molar-refractivity contribution in [2.75, 3.05) is 43.1 Å². The number of morpholine rings is 1. The van der Waals surface area contributed by atoms with Crippen molar-refractivity contribution in [2.45, 2.75) is 57.5 Å². The predicted molar refractivity (Wildman–Crippen MR) is 181 cm³/mol. The highest BCUT2D eigenvalue weighted by Gasteiger charge is 2.44. The molecule has 0 bridgehead atoms. The van der Waals surface area contributed by atoms with Crippen molar-refractivity contribution in [3.63, 3.8) is 0 Å². The van der Waals surface area contributed by atoms with Gasteiger partial charge in [0.2, 0.25) is 11.8 Å². The quantitative estimate of drug-likeness (QED) is 0.200. The molecule has 2 saturated heterocycles. The number of anilines is 2. The van der Waals surface area contributed by atoms with E-state index in [1.165, 1.54) is 0 Å². The number of hydrogen-bond acceptors (Lipinski definition) is 10.